The minimum absolute atomic E-state index is 0.128. The lowest BCUT2D eigenvalue weighted by Gasteiger charge is -2.19. The molecule has 0 radical (unpaired) electrons. The third-order valence-corrected chi connectivity index (χ3v) is 3.66. The van der Waals surface area contributed by atoms with Crippen molar-refractivity contribution in [2.75, 3.05) is 0 Å². The average molecular weight is 197 g/mol. The predicted molar refractivity (Wildman–Crippen MR) is 59.0 cm³/mol. The van der Waals surface area contributed by atoms with E-state index in [-0.39, 0.29) is 11.8 Å². The molecule has 0 heterocycles. The maximum Gasteiger partial charge on any atom is 0.146 e. The van der Waals surface area contributed by atoms with Gasteiger partial charge in [-0.05, 0) is 31.6 Å². The van der Waals surface area contributed by atoms with E-state index in [1.165, 1.54) is 25.7 Å². The van der Waals surface area contributed by atoms with Crippen LogP contribution in [0.5, 0.6) is 0 Å². The Bertz CT molecular complexity index is 185. The summed E-state index contributed by atoms with van der Waals surface area (Å²) in [5, 5.41) is 0. The van der Waals surface area contributed by atoms with Crippen LogP contribution >= 0.6 is 0 Å². The molecule has 2 nitrogen and oxygen atoms in total. The third-order valence-electron chi connectivity index (χ3n) is 3.66. The van der Waals surface area contributed by atoms with Crippen LogP contribution in [0.3, 0.4) is 0 Å². The van der Waals surface area contributed by atoms with E-state index in [9.17, 15) is 4.79 Å². The number of hydrogen-bond acceptors (Lipinski definition) is 2. The highest BCUT2D eigenvalue weighted by Gasteiger charge is 2.22. The summed E-state index contributed by atoms with van der Waals surface area (Å²) >= 11 is 0. The van der Waals surface area contributed by atoms with Crippen molar-refractivity contribution in [1.82, 2.24) is 0 Å². The lowest BCUT2D eigenvalue weighted by molar-refractivity contribution is -0.118. The quantitative estimate of drug-likeness (QED) is 0.736. The SMILES string of the molecule is CC(=O)[C@@H](N)CC[C@@H](C)C1CCCC1. The van der Waals surface area contributed by atoms with Gasteiger partial charge < -0.3 is 5.73 Å². The summed E-state index contributed by atoms with van der Waals surface area (Å²) in [6, 6.07) is -0.223. The molecular formula is C12H23NO. The number of ketones is 1. The van der Waals surface area contributed by atoms with Gasteiger partial charge in [0.2, 0.25) is 0 Å². The Morgan fingerprint density at radius 3 is 2.43 bits per heavy atom. The normalized spacial score (nSPS) is 22.2. The molecule has 0 spiro atoms. The molecule has 0 aliphatic heterocycles. The molecule has 0 aromatic rings. The number of nitrogens with two attached hydrogens (primary N) is 1. The van der Waals surface area contributed by atoms with Crippen molar-refractivity contribution in [3.63, 3.8) is 0 Å². The molecule has 2 N–H and O–H groups in total. The number of carbonyl (C=O) groups is 1. The smallest absolute Gasteiger partial charge is 0.146 e. The topological polar surface area (TPSA) is 43.1 Å². The standard InChI is InChI=1S/C12H23NO/c1-9(11-5-3-4-6-11)7-8-12(13)10(2)14/h9,11-12H,3-8,13H2,1-2H3/t9-,12+/m1/s1. The molecule has 0 aromatic carbocycles. The largest absolute Gasteiger partial charge is 0.322 e. The third kappa shape index (κ3) is 3.41. The van der Waals surface area contributed by atoms with E-state index in [1.807, 2.05) is 0 Å². The Hall–Kier alpha value is -0.370. The van der Waals surface area contributed by atoms with Crippen LogP contribution in [-0.2, 0) is 4.79 Å². The highest BCUT2D eigenvalue weighted by atomic mass is 16.1. The van der Waals surface area contributed by atoms with E-state index in [2.05, 4.69) is 6.92 Å². The molecule has 0 aromatic heterocycles. The van der Waals surface area contributed by atoms with Crippen LogP contribution in [0, 0.1) is 11.8 Å². The highest BCUT2D eigenvalue weighted by molar-refractivity contribution is 5.81. The van der Waals surface area contributed by atoms with Crippen molar-refractivity contribution >= 4 is 5.78 Å². The van der Waals surface area contributed by atoms with Crippen LogP contribution in [0.2, 0.25) is 0 Å². The second-order valence-electron chi connectivity index (χ2n) is 4.82. The van der Waals surface area contributed by atoms with Gasteiger partial charge in [-0.2, -0.15) is 0 Å². The van der Waals surface area contributed by atoms with Crippen LogP contribution in [0.4, 0.5) is 0 Å². The summed E-state index contributed by atoms with van der Waals surface area (Å²) in [6.07, 6.45) is 7.55. The molecule has 0 amide bonds. The Kier molecular flexibility index (Phi) is 4.59. The Labute approximate surface area is 87.2 Å². The van der Waals surface area contributed by atoms with Gasteiger partial charge in [-0.15, -0.1) is 0 Å². The van der Waals surface area contributed by atoms with Gasteiger partial charge in [-0.3, -0.25) is 4.79 Å². The molecule has 0 unspecified atom stereocenters. The molecule has 14 heavy (non-hydrogen) atoms. The average Bonchev–Trinajstić information content (AvgIpc) is 2.66. The van der Waals surface area contributed by atoms with Crippen molar-refractivity contribution in [1.29, 1.82) is 0 Å². The Morgan fingerprint density at radius 2 is 1.93 bits per heavy atom. The molecule has 0 bridgehead atoms. The first-order valence-corrected chi connectivity index (χ1v) is 5.87. The van der Waals surface area contributed by atoms with Crippen molar-refractivity contribution in [3.05, 3.63) is 0 Å². The fraction of sp³-hybridized carbons (Fsp3) is 0.917. The van der Waals surface area contributed by atoms with E-state index in [4.69, 9.17) is 5.73 Å². The first kappa shape index (κ1) is 11.7. The Balaban J connectivity index is 2.19. The van der Waals surface area contributed by atoms with Gasteiger partial charge in [0, 0.05) is 0 Å². The molecular weight excluding hydrogens is 174 g/mol. The second kappa shape index (κ2) is 5.50. The van der Waals surface area contributed by atoms with Gasteiger partial charge in [0.1, 0.15) is 5.78 Å². The number of rotatable bonds is 5. The van der Waals surface area contributed by atoms with Crippen molar-refractivity contribution in [2.45, 2.75) is 58.4 Å². The predicted octanol–water partition coefficient (Wildman–Crippen LogP) is 2.51. The molecule has 2 heteroatoms. The van der Waals surface area contributed by atoms with E-state index >= 15 is 0 Å². The van der Waals surface area contributed by atoms with E-state index in [0.717, 1.165) is 24.7 Å². The summed E-state index contributed by atoms with van der Waals surface area (Å²) in [7, 11) is 0. The van der Waals surface area contributed by atoms with Crippen LogP contribution in [0.15, 0.2) is 0 Å². The fourth-order valence-electron chi connectivity index (χ4n) is 2.41. The molecule has 1 saturated carbocycles. The Morgan fingerprint density at radius 1 is 1.36 bits per heavy atom. The van der Waals surface area contributed by atoms with Gasteiger partial charge in [-0.25, -0.2) is 0 Å². The molecule has 1 aliphatic rings. The molecule has 1 fully saturated rings. The zero-order valence-electron chi connectivity index (χ0n) is 9.46. The summed E-state index contributed by atoms with van der Waals surface area (Å²) < 4.78 is 0. The zero-order chi connectivity index (χ0) is 10.6. The summed E-state index contributed by atoms with van der Waals surface area (Å²) in [5.41, 5.74) is 5.71. The monoisotopic (exact) mass is 197 g/mol. The first-order chi connectivity index (χ1) is 6.61. The van der Waals surface area contributed by atoms with Crippen LogP contribution in [0.25, 0.3) is 0 Å². The fourth-order valence-corrected chi connectivity index (χ4v) is 2.41. The van der Waals surface area contributed by atoms with E-state index in [0.29, 0.717) is 0 Å². The van der Waals surface area contributed by atoms with Crippen LogP contribution < -0.4 is 5.73 Å². The number of hydrogen-bond donors (Lipinski definition) is 1. The highest BCUT2D eigenvalue weighted by Crippen LogP contribution is 2.33. The molecule has 1 aliphatic carbocycles. The summed E-state index contributed by atoms with van der Waals surface area (Å²) in [6.45, 7) is 3.90. The van der Waals surface area contributed by atoms with Crippen molar-refractivity contribution < 1.29 is 4.79 Å². The van der Waals surface area contributed by atoms with Crippen molar-refractivity contribution in [2.24, 2.45) is 17.6 Å². The number of Topliss-reactive ketones (excluding diaryl/α,β-unsaturated/α-hetero) is 1. The minimum Gasteiger partial charge on any atom is -0.322 e. The van der Waals surface area contributed by atoms with Gasteiger partial charge in [0.25, 0.3) is 0 Å². The van der Waals surface area contributed by atoms with Gasteiger partial charge >= 0.3 is 0 Å². The second-order valence-corrected chi connectivity index (χ2v) is 4.82. The van der Waals surface area contributed by atoms with Gasteiger partial charge in [-0.1, -0.05) is 32.6 Å². The summed E-state index contributed by atoms with van der Waals surface area (Å²) in [4.78, 5) is 11.0. The van der Waals surface area contributed by atoms with Crippen molar-refractivity contribution in [3.8, 4) is 0 Å². The zero-order valence-corrected chi connectivity index (χ0v) is 9.46. The van der Waals surface area contributed by atoms with E-state index < -0.39 is 0 Å². The first-order valence-electron chi connectivity index (χ1n) is 5.87. The van der Waals surface area contributed by atoms with E-state index in [1.54, 1.807) is 6.92 Å². The van der Waals surface area contributed by atoms with Gasteiger partial charge in [0.15, 0.2) is 0 Å². The number of carbonyl (C=O) groups excluding carboxylic acids is 1. The van der Waals surface area contributed by atoms with Crippen LogP contribution in [0.1, 0.15) is 52.4 Å². The summed E-state index contributed by atoms with van der Waals surface area (Å²) in [5.74, 6) is 1.78. The molecule has 1 rings (SSSR count). The lowest BCUT2D eigenvalue weighted by atomic mass is 9.87. The molecule has 2 atom stereocenters. The molecule has 82 valence electrons. The lowest BCUT2D eigenvalue weighted by Crippen LogP contribution is -2.29. The minimum atomic E-state index is -0.223. The molecule has 0 saturated heterocycles. The van der Waals surface area contributed by atoms with Crippen LogP contribution in [-0.4, -0.2) is 11.8 Å². The van der Waals surface area contributed by atoms with Gasteiger partial charge in [0.05, 0.1) is 6.04 Å². The maximum absolute atomic E-state index is 11.0. The maximum atomic E-state index is 11.0.